The van der Waals surface area contributed by atoms with Crippen LogP contribution in [0.25, 0.3) is 0 Å². The summed E-state index contributed by atoms with van der Waals surface area (Å²) in [5.41, 5.74) is 6.97. The Kier molecular flexibility index (Phi) is 3.24. The van der Waals surface area contributed by atoms with Gasteiger partial charge in [0.05, 0.1) is 6.26 Å². The summed E-state index contributed by atoms with van der Waals surface area (Å²) in [5.74, 6) is -0.158. The second-order valence-electron chi connectivity index (χ2n) is 4.04. The molecule has 0 bridgehead atoms. The van der Waals surface area contributed by atoms with Crippen LogP contribution in [-0.2, 0) is 6.42 Å². The molecule has 2 rings (SSSR count). The van der Waals surface area contributed by atoms with E-state index in [9.17, 15) is 8.78 Å². The van der Waals surface area contributed by atoms with Gasteiger partial charge in [-0.25, -0.2) is 8.78 Å². The van der Waals surface area contributed by atoms with Crippen LogP contribution in [0.4, 0.5) is 8.78 Å². The van der Waals surface area contributed by atoms with Crippen molar-refractivity contribution in [3.8, 4) is 0 Å². The Morgan fingerprint density at radius 2 is 2.06 bits per heavy atom. The molecule has 90 valence electrons. The minimum atomic E-state index is -0.461. The molecule has 0 amide bonds. The fourth-order valence-electron chi connectivity index (χ4n) is 1.71. The molecule has 0 saturated heterocycles. The lowest BCUT2D eigenvalue weighted by molar-refractivity contribution is 0.526. The third-order valence-electron chi connectivity index (χ3n) is 2.63. The normalized spacial score (nSPS) is 12.7. The van der Waals surface area contributed by atoms with E-state index in [0.29, 0.717) is 0 Å². The van der Waals surface area contributed by atoms with Crippen LogP contribution in [0.5, 0.6) is 0 Å². The number of benzene rings is 1. The number of rotatable bonds is 3. The van der Waals surface area contributed by atoms with Crippen molar-refractivity contribution in [2.45, 2.75) is 19.4 Å². The lowest BCUT2D eigenvalue weighted by atomic mass is 10.0. The van der Waals surface area contributed by atoms with Gasteiger partial charge in [0.25, 0.3) is 0 Å². The molecule has 0 aliphatic heterocycles. The van der Waals surface area contributed by atoms with Gasteiger partial charge in [-0.1, -0.05) is 0 Å². The molecule has 0 spiro atoms. The lowest BCUT2D eigenvalue weighted by Crippen LogP contribution is -2.13. The highest BCUT2D eigenvalue weighted by molar-refractivity contribution is 5.24. The van der Waals surface area contributed by atoms with Gasteiger partial charge in [-0.2, -0.15) is 0 Å². The molecule has 2 nitrogen and oxygen atoms in total. The first-order valence-electron chi connectivity index (χ1n) is 5.31. The van der Waals surface area contributed by atoms with Crippen LogP contribution >= 0.6 is 0 Å². The number of hydrogen-bond acceptors (Lipinski definition) is 2. The Morgan fingerprint density at radius 1 is 1.29 bits per heavy atom. The van der Waals surface area contributed by atoms with Crippen LogP contribution < -0.4 is 5.73 Å². The summed E-state index contributed by atoms with van der Waals surface area (Å²) in [5, 5.41) is 0. The van der Waals surface area contributed by atoms with E-state index in [4.69, 9.17) is 10.2 Å². The first-order valence-corrected chi connectivity index (χ1v) is 5.31. The molecule has 1 aromatic heterocycles. The molecule has 1 atom stereocenters. The van der Waals surface area contributed by atoms with Crippen LogP contribution in [0.3, 0.4) is 0 Å². The van der Waals surface area contributed by atoms with Crippen LogP contribution in [0.15, 0.2) is 34.9 Å². The van der Waals surface area contributed by atoms with Gasteiger partial charge in [0.2, 0.25) is 0 Å². The zero-order valence-electron chi connectivity index (χ0n) is 9.41. The van der Waals surface area contributed by atoms with Gasteiger partial charge >= 0.3 is 0 Å². The van der Waals surface area contributed by atoms with Gasteiger partial charge in [-0.15, -0.1) is 0 Å². The summed E-state index contributed by atoms with van der Waals surface area (Å²) in [6.45, 7) is 1.80. The summed E-state index contributed by atoms with van der Waals surface area (Å²) >= 11 is 0. The Balaban J connectivity index is 2.18. The van der Waals surface area contributed by atoms with Gasteiger partial charge in [-0.3, -0.25) is 0 Å². The average molecular weight is 237 g/mol. The highest BCUT2D eigenvalue weighted by atomic mass is 19.1. The Labute approximate surface area is 98.0 Å². The van der Waals surface area contributed by atoms with Crippen molar-refractivity contribution in [3.63, 3.8) is 0 Å². The van der Waals surface area contributed by atoms with Crippen molar-refractivity contribution in [2.75, 3.05) is 0 Å². The molecule has 0 radical (unpaired) electrons. The molecular formula is C13H13F2NO. The summed E-state index contributed by atoms with van der Waals surface area (Å²) in [4.78, 5) is 0. The third-order valence-corrected chi connectivity index (χ3v) is 2.63. The van der Waals surface area contributed by atoms with Crippen molar-refractivity contribution in [1.29, 1.82) is 0 Å². The molecule has 1 unspecified atom stereocenters. The molecule has 2 N–H and O–H groups in total. The van der Waals surface area contributed by atoms with Crippen LogP contribution in [0.1, 0.15) is 22.9 Å². The highest BCUT2D eigenvalue weighted by Gasteiger charge is 2.13. The molecule has 4 heteroatoms. The fourth-order valence-corrected chi connectivity index (χ4v) is 1.71. The van der Waals surface area contributed by atoms with Crippen molar-refractivity contribution < 1.29 is 13.2 Å². The van der Waals surface area contributed by atoms with Gasteiger partial charge in [0, 0.05) is 11.6 Å². The molecule has 0 saturated carbocycles. The summed E-state index contributed by atoms with van der Waals surface area (Å²) in [6.07, 6.45) is 1.78. The van der Waals surface area contributed by atoms with E-state index in [0.717, 1.165) is 23.5 Å². The SMILES string of the molecule is Cc1cc(C(N)Cc2cc(F)ccc2F)co1. The minimum Gasteiger partial charge on any atom is -0.469 e. The first kappa shape index (κ1) is 11.8. The maximum absolute atomic E-state index is 13.4. The van der Waals surface area contributed by atoms with Crippen LogP contribution in [0, 0.1) is 18.6 Å². The summed E-state index contributed by atoms with van der Waals surface area (Å²) in [6, 6.07) is 4.76. The van der Waals surface area contributed by atoms with Crippen molar-refractivity contribution in [2.24, 2.45) is 5.73 Å². The van der Waals surface area contributed by atoms with Gasteiger partial charge in [-0.05, 0) is 43.2 Å². The fraction of sp³-hybridized carbons (Fsp3) is 0.231. The second kappa shape index (κ2) is 4.67. The first-order chi connectivity index (χ1) is 8.06. The van der Waals surface area contributed by atoms with Crippen molar-refractivity contribution in [1.82, 2.24) is 0 Å². The van der Waals surface area contributed by atoms with E-state index in [-0.39, 0.29) is 12.0 Å². The monoisotopic (exact) mass is 237 g/mol. The predicted molar refractivity (Wildman–Crippen MR) is 60.4 cm³/mol. The van der Waals surface area contributed by atoms with E-state index < -0.39 is 17.7 Å². The molecule has 0 aliphatic carbocycles. The van der Waals surface area contributed by atoms with E-state index in [1.807, 2.05) is 0 Å². The average Bonchev–Trinajstić information content (AvgIpc) is 2.70. The molecule has 0 fully saturated rings. The maximum atomic E-state index is 13.4. The Bertz CT molecular complexity index is 522. The molecule has 17 heavy (non-hydrogen) atoms. The summed E-state index contributed by atoms with van der Waals surface area (Å²) in [7, 11) is 0. The number of aryl methyl sites for hydroxylation is 1. The number of furan rings is 1. The zero-order chi connectivity index (χ0) is 12.4. The van der Waals surface area contributed by atoms with Crippen LogP contribution in [-0.4, -0.2) is 0 Å². The van der Waals surface area contributed by atoms with Gasteiger partial charge in [0.1, 0.15) is 17.4 Å². The smallest absolute Gasteiger partial charge is 0.126 e. The van der Waals surface area contributed by atoms with Gasteiger partial charge < -0.3 is 10.2 Å². The number of halogens is 2. The molecule has 0 aliphatic rings. The van der Waals surface area contributed by atoms with Crippen molar-refractivity contribution >= 4 is 0 Å². The largest absolute Gasteiger partial charge is 0.469 e. The highest BCUT2D eigenvalue weighted by Crippen LogP contribution is 2.20. The van der Waals surface area contributed by atoms with E-state index >= 15 is 0 Å². The molecule has 2 aromatic rings. The Hall–Kier alpha value is -1.68. The lowest BCUT2D eigenvalue weighted by Gasteiger charge is -2.10. The van der Waals surface area contributed by atoms with Crippen LogP contribution in [0.2, 0.25) is 0 Å². The predicted octanol–water partition coefficient (Wildman–Crippen LogP) is 3.11. The topological polar surface area (TPSA) is 39.2 Å². The third kappa shape index (κ3) is 2.71. The van der Waals surface area contributed by atoms with E-state index in [1.54, 1.807) is 13.0 Å². The van der Waals surface area contributed by atoms with E-state index in [2.05, 4.69) is 0 Å². The van der Waals surface area contributed by atoms with Crippen molar-refractivity contribution in [3.05, 3.63) is 59.1 Å². The second-order valence-corrected chi connectivity index (χ2v) is 4.04. The quantitative estimate of drug-likeness (QED) is 0.890. The molecule has 1 aromatic carbocycles. The molecule has 1 heterocycles. The van der Waals surface area contributed by atoms with Gasteiger partial charge in [0.15, 0.2) is 0 Å². The zero-order valence-corrected chi connectivity index (χ0v) is 9.41. The standard InChI is InChI=1S/C13H13F2NO/c1-8-4-10(7-17-8)13(16)6-9-5-11(14)2-3-12(9)15/h2-5,7,13H,6,16H2,1H3. The molecular weight excluding hydrogens is 224 g/mol. The van der Waals surface area contributed by atoms with E-state index in [1.165, 1.54) is 12.3 Å². The summed E-state index contributed by atoms with van der Waals surface area (Å²) < 4.78 is 31.5. The number of nitrogens with two attached hydrogens (primary N) is 1. The maximum Gasteiger partial charge on any atom is 0.126 e. The number of hydrogen-bond donors (Lipinski definition) is 1. The Morgan fingerprint density at radius 3 is 2.71 bits per heavy atom. The minimum absolute atomic E-state index is 0.239.